The van der Waals surface area contributed by atoms with Gasteiger partial charge in [-0.1, -0.05) is 24.3 Å². The average Bonchev–Trinajstić information content (AvgIpc) is 3.45. The highest BCUT2D eigenvalue weighted by molar-refractivity contribution is 7.89. The van der Waals surface area contributed by atoms with Crippen LogP contribution < -0.4 is 10.0 Å². The Labute approximate surface area is 151 Å². The van der Waals surface area contributed by atoms with E-state index >= 15 is 0 Å². The molecule has 2 aromatic carbocycles. The summed E-state index contributed by atoms with van der Waals surface area (Å²) in [7, 11) is -3.60. The quantitative estimate of drug-likeness (QED) is 0.726. The van der Waals surface area contributed by atoms with Crippen molar-refractivity contribution in [3.8, 4) is 0 Å². The van der Waals surface area contributed by atoms with Crippen molar-refractivity contribution in [1.29, 1.82) is 0 Å². The second kappa shape index (κ2) is 6.51. The van der Waals surface area contributed by atoms with Crippen LogP contribution in [0.25, 0.3) is 10.9 Å². The summed E-state index contributed by atoms with van der Waals surface area (Å²) in [6, 6.07) is 15.3. The summed E-state index contributed by atoms with van der Waals surface area (Å²) in [5, 5.41) is 3.73. The number of hydrogen-bond acceptors (Lipinski definition) is 4. The minimum absolute atomic E-state index is 0.0132. The molecular formula is C19H17N3O3S. The van der Waals surface area contributed by atoms with Crippen molar-refractivity contribution in [3.05, 3.63) is 66.4 Å². The minimum Gasteiger partial charge on any atom is -0.320 e. The van der Waals surface area contributed by atoms with Crippen LogP contribution in [0.15, 0.2) is 65.7 Å². The van der Waals surface area contributed by atoms with Gasteiger partial charge < -0.3 is 5.32 Å². The Bertz CT molecular complexity index is 1090. The number of pyridine rings is 1. The minimum atomic E-state index is -3.60. The first kappa shape index (κ1) is 16.7. The van der Waals surface area contributed by atoms with E-state index in [0.29, 0.717) is 11.2 Å². The fourth-order valence-corrected chi connectivity index (χ4v) is 4.04. The number of amides is 1. The number of fused-ring (bicyclic) bond motifs is 1. The smallest absolute Gasteiger partial charge is 0.255 e. The topological polar surface area (TPSA) is 88.2 Å². The summed E-state index contributed by atoms with van der Waals surface area (Å²) in [6.07, 6.45) is 3.37. The summed E-state index contributed by atoms with van der Waals surface area (Å²) in [4.78, 5) is 17.0. The zero-order chi connectivity index (χ0) is 18.1. The second-order valence-corrected chi connectivity index (χ2v) is 7.97. The fraction of sp³-hybridized carbons (Fsp3) is 0.158. The molecule has 7 heteroatoms. The molecule has 0 saturated heterocycles. The molecule has 0 atom stereocenters. The van der Waals surface area contributed by atoms with Gasteiger partial charge in [-0.25, -0.2) is 13.1 Å². The maximum Gasteiger partial charge on any atom is 0.255 e. The van der Waals surface area contributed by atoms with Crippen molar-refractivity contribution in [2.24, 2.45) is 0 Å². The number of sulfonamides is 1. The molecule has 1 amide bonds. The number of carbonyl (C=O) groups excluding carboxylic acids is 1. The molecule has 0 bridgehead atoms. The lowest BCUT2D eigenvalue weighted by Gasteiger charge is -2.10. The molecule has 1 fully saturated rings. The van der Waals surface area contributed by atoms with Gasteiger partial charge in [-0.3, -0.25) is 9.78 Å². The Morgan fingerprint density at radius 3 is 2.62 bits per heavy atom. The van der Waals surface area contributed by atoms with Gasteiger partial charge in [-0.15, -0.1) is 0 Å². The van der Waals surface area contributed by atoms with Crippen molar-refractivity contribution in [3.63, 3.8) is 0 Å². The lowest BCUT2D eigenvalue weighted by molar-refractivity contribution is 0.102. The van der Waals surface area contributed by atoms with Crippen molar-refractivity contribution >= 4 is 32.5 Å². The van der Waals surface area contributed by atoms with Crippen LogP contribution in [0, 0.1) is 0 Å². The molecule has 3 aromatic rings. The van der Waals surface area contributed by atoms with Crippen LogP contribution in [0.4, 0.5) is 5.69 Å². The Morgan fingerprint density at radius 1 is 1.04 bits per heavy atom. The first-order chi connectivity index (χ1) is 12.5. The zero-order valence-corrected chi connectivity index (χ0v) is 14.7. The molecule has 1 heterocycles. The predicted molar refractivity (Wildman–Crippen MR) is 99.5 cm³/mol. The fourth-order valence-electron chi connectivity index (χ4n) is 2.69. The predicted octanol–water partition coefficient (Wildman–Crippen LogP) is 2.93. The number of hydrogen-bond donors (Lipinski definition) is 2. The van der Waals surface area contributed by atoms with E-state index in [-0.39, 0.29) is 22.4 Å². The normalized spacial score (nSPS) is 14.3. The van der Waals surface area contributed by atoms with Crippen molar-refractivity contribution in [2.75, 3.05) is 5.32 Å². The third kappa shape index (κ3) is 3.44. The molecule has 0 spiro atoms. The molecule has 1 aliphatic carbocycles. The Morgan fingerprint density at radius 2 is 1.81 bits per heavy atom. The van der Waals surface area contributed by atoms with E-state index in [4.69, 9.17) is 0 Å². The van der Waals surface area contributed by atoms with Crippen LogP contribution in [0.3, 0.4) is 0 Å². The first-order valence-corrected chi connectivity index (χ1v) is 9.79. The first-order valence-electron chi connectivity index (χ1n) is 8.30. The highest BCUT2D eigenvalue weighted by Gasteiger charge is 2.28. The molecule has 1 aliphatic rings. The molecule has 4 rings (SSSR count). The molecule has 0 aliphatic heterocycles. The number of nitrogens with zero attached hydrogens (tertiary/aromatic N) is 1. The molecule has 0 unspecified atom stereocenters. The second-order valence-electron chi connectivity index (χ2n) is 6.26. The van der Waals surface area contributed by atoms with Crippen molar-refractivity contribution < 1.29 is 13.2 Å². The van der Waals surface area contributed by atoms with Gasteiger partial charge in [-0.05, 0) is 43.2 Å². The number of carbonyl (C=O) groups is 1. The van der Waals surface area contributed by atoms with Crippen LogP contribution in [0.2, 0.25) is 0 Å². The Kier molecular flexibility index (Phi) is 4.18. The summed E-state index contributed by atoms with van der Waals surface area (Å²) in [5.74, 6) is -0.383. The summed E-state index contributed by atoms with van der Waals surface area (Å²) >= 11 is 0. The van der Waals surface area contributed by atoms with E-state index in [9.17, 15) is 13.2 Å². The molecule has 1 aromatic heterocycles. The van der Waals surface area contributed by atoms with E-state index in [1.54, 1.807) is 24.4 Å². The lowest BCUT2D eigenvalue weighted by Crippen LogP contribution is -2.26. The molecule has 0 radical (unpaired) electrons. The molecule has 6 nitrogen and oxygen atoms in total. The maximum absolute atomic E-state index is 12.6. The monoisotopic (exact) mass is 367 g/mol. The Hall–Kier alpha value is -2.77. The number of anilines is 1. The van der Waals surface area contributed by atoms with Gasteiger partial charge in [0, 0.05) is 23.2 Å². The number of aromatic nitrogens is 1. The lowest BCUT2D eigenvalue weighted by atomic mass is 10.1. The number of benzene rings is 2. The van der Waals surface area contributed by atoms with Gasteiger partial charge in [0.15, 0.2) is 0 Å². The molecule has 132 valence electrons. The van der Waals surface area contributed by atoms with Crippen molar-refractivity contribution in [1.82, 2.24) is 9.71 Å². The molecular weight excluding hydrogens is 350 g/mol. The average molecular weight is 367 g/mol. The summed E-state index contributed by atoms with van der Waals surface area (Å²) in [6.45, 7) is 0. The van der Waals surface area contributed by atoms with Gasteiger partial charge in [0.2, 0.25) is 10.0 Å². The van der Waals surface area contributed by atoms with Crippen molar-refractivity contribution in [2.45, 2.75) is 23.8 Å². The molecule has 26 heavy (non-hydrogen) atoms. The van der Waals surface area contributed by atoms with Gasteiger partial charge in [0.1, 0.15) is 0 Å². The summed E-state index contributed by atoms with van der Waals surface area (Å²) in [5.41, 5.74) is 1.54. The van der Waals surface area contributed by atoms with Crippen LogP contribution in [-0.4, -0.2) is 25.4 Å². The summed E-state index contributed by atoms with van der Waals surface area (Å²) < 4.78 is 27.3. The largest absolute Gasteiger partial charge is 0.320 e. The van der Waals surface area contributed by atoms with Crippen LogP contribution >= 0.6 is 0 Å². The van der Waals surface area contributed by atoms with E-state index in [1.807, 2.05) is 24.3 Å². The van der Waals surface area contributed by atoms with Gasteiger partial charge >= 0.3 is 0 Å². The SMILES string of the molecule is O=C(Nc1cccc2cccnc12)c1cccc(S(=O)(=O)NC2CC2)c1. The van der Waals surface area contributed by atoms with Gasteiger partial charge in [0.05, 0.1) is 16.1 Å². The number of para-hydroxylation sites is 1. The zero-order valence-electron chi connectivity index (χ0n) is 13.8. The van der Waals surface area contributed by atoms with Crippen LogP contribution in [0.5, 0.6) is 0 Å². The highest BCUT2D eigenvalue weighted by Crippen LogP contribution is 2.24. The third-order valence-electron chi connectivity index (χ3n) is 4.19. The van der Waals surface area contributed by atoms with E-state index < -0.39 is 10.0 Å². The Balaban J connectivity index is 1.61. The third-order valence-corrected chi connectivity index (χ3v) is 5.70. The van der Waals surface area contributed by atoms with E-state index in [0.717, 1.165) is 18.2 Å². The van der Waals surface area contributed by atoms with Crippen LogP contribution in [0.1, 0.15) is 23.2 Å². The van der Waals surface area contributed by atoms with E-state index in [1.165, 1.54) is 12.1 Å². The maximum atomic E-state index is 12.6. The van der Waals surface area contributed by atoms with Gasteiger partial charge in [-0.2, -0.15) is 0 Å². The molecule has 1 saturated carbocycles. The molecule has 2 N–H and O–H groups in total. The highest BCUT2D eigenvalue weighted by atomic mass is 32.2. The number of nitrogens with one attached hydrogen (secondary N) is 2. The van der Waals surface area contributed by atoms with Gasteiger partial charge in [0.25, 0.3) is 5.91 Å². The standard InChI is InChI=1S/C19H17N3O3S/c23-19(21-17-8-2-4-13-6-3-11-20-18(13)17)14-5-1-7-16(12-14)26(24,25)22-15-9-10-15/h1-8,11-12,15,22H,9-10H2,(H,21,23). The number of rotatable bonds is 5. The van der Waals surface area contributed by atoms with Crippen LogP contribution in [-0.2, 0) is 10.0 Å². The van der Waals surface area contributed by atoms with E-state index in [2.05, 4.69) is 15.0 Å².